The van der Waals surface area contributed by atoms with Crippen LogP contribution in [0.15, 0.2) is 0 Å². The van der Waals surface area contributed by atoms with E-state index in [0.717, 1.165) is 64.6 Å². The molecule has 2 fully saturated rings. The van der Waals surface area contributed by atoms with E-state index in [4.69, 9.17) is 0 Å². The van der Waals surface area contributed by atoms with Gasteiger partial charge in [0.15, 0.2) is 0 Å². The molecule has 2 aliphatic rings. The minimum Gasteiger partial charge on any atom is -0.315 e. The summed E-state index contributed by atoms with van der Waals surface area (Å²) in [6.45, 7) is 4.52. The molecule has 0 bridgehead atoms. The molecule has 0 aromatic heterocycles. The maximum atomic E-state index is 12.8. The van der Waals surface area contributed by atoms with Crippen molar-refractivity contribution >= 4 is 10.0 Å². The molecular weight excluding hydrogens is 260 g/mol. The molecule has 1 aliphatic heterocycles. The summed E-state index contributed by atoms with van der Waals surface area (Å²) in [5, 5.41) is 3.21. The summed E-state index contributed by atoms with van der Waals surface area (Å²) in [5.41, 5.74) is 0. The Morgan fingerprint density at radius 1 is 1.05 bits per heavy atom. The highest BCUT2D eigenvalue weighted by Gasteiger charge is 2.37. The van der Waals surface area contributed by atoms with Gasteiger partial charge in [0.25, 0.3) is 0 Å². The highest BCUT2D eigenvalue weighted by Crippen LogP contribution is 2.29. The molecular formula is C14H28N2O2S. The monoisotopic (exact) mass is 288 g/mol. The van der Waals surface area contributed by atoms with Crippen molar-refractivity contribution in [1.82, 2.24) is 9.62 Å². The first-order valence-corrected chi connectivity index (χ1v) is 9.38. The largest absolute Gasteiger partial charge is 0.315 e. The van der Waals surface area contributed by atoms with Crippen molar-refractivity contribution in [2.75, 3.05) is 19.6 Å². The van der Waals surface area contributed by atoms with Gasteiger partial charge in [0.2, 0.25) is 10.0 Å². The van der Waals surface area contributed by atoms with Crippen LogP contribution in [0.5, 0.6) is 0 Å². The fourth-order valence-electron chi connectivity index (χ4n) is 3.38. The highest BCUT2D eigenvalue weighted by molar-refractivity contribution is 7.89. The van der Waals surface area contributed by atoms with E-state index in [1.807, 2.05) is 4.31 Å². The van der Waals surface area contributed by atoms with Gasteiger partial charge in [-0.3, -0.25) is 0 Å². The summed E-state index contributed by atoms with van der Waals surface area (Å²) in [7, 11) is -3.07. The predicted octanol–water partition coefficient (Wildman–Crippen LogP) is 2.11. The summed E-state index contributed by atoms with van der Waals surface area (Å²) in [6.07, 6.45) is 8.29. The molecule has 0 aromatic rings. The Hall–Kier alpha value is -0.130. The van der Waals surface area contributed by atoms with Crippen molar-refractivity contribution < 1.29 is 8.42 Å². The van der Waals surface area contributed by atoms with Crippen molar-refractivity contribution in [2.45, 2.75) is 69.6 Å². The van der Waals surface area contributed by atoms with Crippen LogP contribution in [0.4, 0.5) is 0 Å². The normalized spacial score (nSPS) is 27.5. The Morgan fingerprint density at radius 3 is 2.42 bits per heavy atom. The van der Waals surface area contributed by atoms with Crippen molar-refractivity contribution in [1.29, 1.82) is 0 Å². The minimum atomic E-state index is -3.07. The summed E-state index contributed by atoms with van der Waals surface area (Å²) in [4.78, 5) is 0. The minimum absolute atomic E-state index is 0.108. The Bertz CT molecular complexity index is 364. The van der Waals surface area contributed by atoms with Gasteiger partial charge in [-0.15, -0.1) is 0 Å². The molecule has 1 atom stereocenters. The SMILES string of the molecule is CCNCC1CCCCN1S(=O)(=O)C1CCCCC1. The number of rotatable bonds is 5. The van der Waals surface area contributed by atoms with Crippen LogP contribution in [-0.2, 0) is 10.0 Å². The van der Waals surface area contributed by atoms with E-state index in [0.29, 0.717) is 0 Å². The second kappa shape index (κ2) is 7.04. The Balaban J connectivity index is 2.06. The van der Waals surface area contributed by atoms with Gasteiger partial charge in [0.1, 0.15) is 0 Å². The molecule has 4 nitrogen and oxygen atoms in total. The average Bonchev–Trinajstić information content (AvgIpc) is 2.46. The van der Waals surface area contributed by atoms with Crippen LogP contribution in [0.1, 0.15) is 58.3 Å². The molecule has 19 heavy (non-hydrogen) atoms. The zero-order valence-corrected chi connectivity index (χ0v) is 12.9. The lowest BCUT2D eigenvalue weighted by Crippen LogP contribution is -2.51. The van der Waals surface area contributed by atoms with Crippen LogP contribution in [0.25, 0.3) is 0 Å². The van der Waals surface area contributed by atoms with Crippen molar-refractivity contribution in [3.63, 3.8) is 0 Å². The Morgan fingerprint density at radius 2 is 1.74 bits per heavy atom. The van der Waals surface area contributed by atoms with Crippen molar-refractivity contribution in [3.05, 3.63) is 0 Å². The lowest BCUT2D eigenvalue weighted by molar-refractivity contribution is 0.241. The van der Waals surface area contributed by atoms with Gasteiger partial charge in [-0.1, -0.05) is 32.6 Å². The second-order valence-electron chi connectivity index (χ2n) is 5.87. The van der Waals surface area contributed by atoms with Crippen LogP contribution in [0.2, 0.25) is 0 Å². The van der Waals surface area contributed by atoms with E-state index in [1.54, 1.807) is 0 Å². The molecule has 5 heteroatoms. The molecule has 1 saturated carbocycles. The number of piperidine rings is 1. The van der Waals surface area contributed by atoms with Gasteiger partial charge in [-0.2, -0.15) is 4.31 Å². The van der Waals surface area contributed by atoms with Crippen LogP contribution in [-0.4, -0.2) is 43.6 Å². The van der Waals surface area contributed by atoms with E-state index in [-0.39, 0.29) is 11.3 Å². The van der Waals surface area contributed by atoms with Gasteiger partial charge >= 0.3 is 0 Å². The molecule has 1 saturated heterocycles. The lowest BCUT2D eigenvalue weighted by Gasteiger charge is -2.38. The fraction of sp³-hybridized carbons (Fsp3) is 1.00. The number of nitrogens with one attached hydrogen (secondary N) is 1. The average molecular weight is 288 g/mol. The second-order valence-corrected chi connectivity index (χ2v) is 8.04. The van der Waals surface area contributed by atoms with E-state index in [2.05, 4.69) is 12.2 Å². The maximum Gasteiger partial charge on any atom is 0.217 e. The van der Waals surface area contributed by atoms with Crippen molar-refractivity contribution in [2.24, 2.45) is 0 Å². The first-order valence-electron chi connectivity index (χ1n) is 7.87. The smallest absolute Gasteiger partial charge is 0.217 e. The summed E-state index contributed by atoms with van der Waals surface area (Å²) in [5.74, 6) is 0. The molecule has 1 N–H and O–H groups in total. The van der Waals surface area contributed by atoms with Crippen molar-refractivity contribution in [3.8, 4) is 0 Å². The fourth-order valence-corrected chi connectivity index (χ4v) is 5.67. The highest BCUT2D eigenvalue weighted by atomic mass is 32.2. The van der Waals surface area contributed by atoms with E-state index in [9.17, 15) is 8.42 Å². The van der Waals surface area contributed by atoms with Crippen LogP contribution in [0, 0.1) is 0 Å². The first-order chi connectivity index (χ1) is 9.16. The zero-order valence-electron chi connectivity index (χ0n) is 12.1. The number of likely N-dealkylation sites (N-methyl/N-ethyl adjacent to an activating group) is 1. The summed E-state index contributed by atoms with van der Waals surface area (Å²) < 4.78 is 27.5. The zero-order chi connectivity index (χ0) is 13.7. The van der Waals surface area contributed by atoms with Gasteiger partial charge in [0.05, 0.1) is 5.25 Å². The van der Waals surface area contributed by atoms with E-state index >= 15 is 0 Å². The lowest BCUT2D eigenvalue weighted by atomic mass is 10.0. The van der Waals surface area contributed by atoms with Crippen LogP contribution in [0.3, 0.4) is 0 Å². The molecule has 1 heterocycles. The van der Waals surface area contributed by atoms with Crippen LogP contribution >= 0.6 is 0 Å². The number of hydrogen-bond acceptors (Lipinski definition) is 3. The van der Waals surface area contributed by atoms with Crippen LogP contribution < -0.4 is 5.32 Å². The number of hydrogen-bond donors (Lipinski definition) is 1. The maximum absolute atomic E-state index is 12.8. The van der Waals surface area contributed by atoms with Gasteiger partial charge < -0.3 is 5.32 Å². The molecule has 0 aromatic carbocycles. The summed E-state index contributed by atoms with van der Waals surface area (Å²) in [6, 6.07) is 0.181. The van der Waals surface area contributed by atoms with Gasteiger partial charge in [-0.05, 0) is 32.2 Å². The molecule has 0 spiro atoms. The quantitative estimate of drug-likeness (QED) is 0.843. The topological polar surface area (TPSA) is 49.4 Å². The first kappa shape index (κ1) is 15.3. The number of nitrogens with zero attached hydrogens (tertiary/aromatic N) is 1. The molecule has 0 radical (unpaired) electrons. The van der Waals surface area contributed by atoms with Gasteiger partial charge in [-0.25, -0.2) is 8.42 Å². The molecule has 1 unspecified atom stereocenters. The number of sulfonamides is 1. The third kappa shape index (κ3) is 3.70. The molecule has 1 aliphatic carbocycles. The Labute approximate surface area is 118 Å². The summed E-state index contributed by atoms with van der Waals surface area (Å²) >= 11 is 0. The Kier molecular flexibility index (Phi) is 5.66. The predicted molar refractivity (Wildman–Crippen MR) is 78.7 cm³/mol. The third-order valence-corrected chi connectivity index (χ3v) is 6.95. The van der Waals surface area contributed by atoms with E-state index < -0.39 is 10.0 Å². The van der Waals surface area contributed by atoms with E-state index in [1.165, 1.54) is 6.42 Å². The standard InChI is InChI=1S/C14H28N2O2S/c1-2-15-12-13-8-6-7-11-16(13)19(17,18)14-9-4-3-5-10-14/h13-15H,2-12H2,1H3. The molecule has 0 amide bonds. The third-order valence-electron chi connectivity index (χ3n) is 4.50. The molecule has 2 rings (SSSR count). The molecule has 112 valence electrons. The van der Waals surface area contributed by atoms with Gasteiger partial charge in [0, 0.05) is 19.1 Å².